The van der Waals surface area contributed by atoms with Crippen molar-refractivity contribution in [2.45, 2.75) is 44.6 Å². The van der Waals surface area contributed by atoms with E-state index >= 15 is 0 Å². The first-order valence-electron chi connectivity index (χ1n) is 10.2. The molecule has 7 nitrogen and oxygen atoms in total. The maximum absolute atomic E-state index is 13.1. The van der Waals surface area contributed by atoms with Gasteiger partial charge in [0, 0.05) is 23.1 Å². The van der Waals surface area contributed by atoms with Crippen molar-refractivity contribution in [1.29, 1.82) is 0 Å². The molecule has 1 aromatic carbocycles. The maximum Gasteiger partial charge on any atom is 0.287 e. The van der Waals surface area contributed by atoms with Crippen LogP contribution in [0.4, 0.5) is 0 Å². The quantitative estimate of drug-likeness (QED) is 0.633. The van der Waals surface area contributed by atoms with E-state index in [9.17, 15) is 22.8 Å². The number of carbonyl (C=O) groups excluding carboxylic acids is 3. The SMILES string of the molecule is CC(C)C(CS(=O)(=O)c1ccccc1)C(=O)CC1CCc2ncsc2CNC(=O)C1=O. The minimum absolute atomic E-state index is 0.154. The molecular weight excluding hydrogens is 436 g/mol. The highest BCUT2D eigenvalue weighted by Gasteiger charge is 2.34. The van der Waals surface area contributed by atoms with E-state index in [4.69, 9.17) is 0 Å². The number of aryl methyl sites for hydroxylation is 1. The highest BCUT2D eigenvalue weighted by Crippen LogP contribution is 2.26. The molecule has 9 heteroatoms. The van der Waals surface area contributed by atoms with Gasteiger partial charge in [0.15, 0.2) is 9.84 Å². The van der Waals surface area contributed by atoms with Crippen LogP contribution in [0.1, 0.15) is 37.3 Å². The van der Waals surface area contributed by atoms with Crippen molar-refractivity contribution in [2.75, 3.05) is 5.75 Å². The molecule has 1 aliphatic rings. The van der Waals surface area contributed by atoms with E-state index in [1.54, 1.807) is 37.6 Å². The second kappa shape index (κ2) is 9.82. The number of rotatable bonds is 7. The van der Waals surface area contributed by atoms with Crippen molar-refractivity contribution in [3.63, 3.8) is 0 Å². The third-order valence-corrected chi connectivity index (χ3v) is 8.29. The number of aromatic nitrogens is 1. The van der Waals surface area contributed by atoms with Crippen LogP contribution in [-0.4, -0.2) is 36.6 Å². The summed E-state index contributed by atoms with van der Waals surface area (Å²) in [6.45, 7) is 3.83. The Morgan fingerprint density at radius 2 is 1.94 bits per heavy atom. The van der Waals surface area contributed by atoms with Crippen LogP contribution in [0.15, 0.2) is 40.7 Å². The number of Topliss-reactive ketones (excluding diaryl/α,β-unsaturated/α-hetero) is 2. The summed E-state index contributed by atoms with van der Waals surface area (Å²) >= 11 is 1.42. The molecule has 2 aromatic rings. The molecule has 166 valence electrons. The number of ketones is 2. The van der Waals surface area contributed by atoms with Gasteiger partial charge in [-0.15, -0.1) is 11.3 Å². The summed E-state index contributed by atoms with van der Waals surface area (Å²) in [7, 11) is -3.66. The number of carbonyl (C=O) groups is 3. The molecule has 3 rings (SSSR count). The molecule has 0 spiro atoms. The zero-order valence-electron chi connectivity index (χ0n) is 17.5. The number of sulfone groups is 1. The van der Waals surface area contributed by atoms with Gasteiger partial charge in [0.1, 0.15) is 5.78 Å². The van der Waals surface area contributed by atoms with Gasteiger partial charge in [-0.05, 0) is 30.9 Å². The van der Waals surface area contributed by atoms with Crippen molar-refractivity contribution in [3.05, 3.63) is 46.4 Å². The summed E-state index contributed by atoms with van der Waals surface area (Å²) in [6.07, 6.45) is 0.663. The Kier molecular flexibility index (Phi) is 7.38. The minimum Gasteiger partial charge on any atom is -0.345 e. The van der Waals surface area contributed by atoms with Crippen molar-refractivity contribution in [2.24, 2.45) is 17.8 Å². The molecule has 0 radical (unpaired) electrons. The Balaban J connectivity index is 1.77. The van der Waals surface area contributed by atoms with Crippen LogP contribution < -0.4 is 5.32 Å². The summed E-state index contributed by atoms with van der Waals surface area (Å²) in [5.74, 6) is -3.75. The van der Waals surface area contributed by atoms with E-state index in [0.717, 1.165) is 10.6 Å². The van der Waals surface area contributed by atoms with E-state index in [0.29, 0.717) is 12.8 Å². The smallest absolute Gasteiger partial charge is 0.287 e. The molecule has 0 fully saturated rings. The van der Waals surface area contributed by atoms with Gasteiger partial charge in [0.25, 0.3) is 5.91 Å². The number of hydrogen-bond donors (Lipinski definition) is 1. The standard InChI is InChI=1S/C22H26N2O5S2/c1-14(2)17(12-31(28,29)16-6-4-3-5-7-16)19(25)10-15-8-9-18-20(30-13-24-18)11-23-22(27)21(15)26/h3-7,13-15,17H,8-12H2,1-2H3,(H,23,27). The molecule has 1 aliphatic heterocycles. The van der Waals surface area contributed by atoms with Gasteiger partial charge in [-0.2, -0.15) is 0 Å². The van der Waals surface area contributed by atoms with Crippen LogP contribution in [0.5, 0.6) is 0 Å². The molecule has 2 heterocycles. The Morgan fingerprint density at radius 3 is 2.61 bits per heavy atom. The van der Waals surface area contributed by atoms with Crippen molar-refractivity contribution in [1.82, 2.24) is 10.3 Å². The highest BCUT2D eigenvalue weighted by atomic mass is 32.2. The molecule has 0 aliphatic carbocycles. The molecule has 2 atom stereocenters. The van der Waals surface area contributed by atoms with E-state index in [1.165, 1.54) is 23.5 Å². The third kappa shape index (κ3) is 5.65. The topological polar surface area (TPSA) is 110 Å². The maximum atomic E-state index is 13.1. The normalized spacial score (nSPS) is 18.5. The van der Waals surface area contributed by atoms with Gasteiger partial charge in [-0.1, -0.05) is 32.0 Å². The number of thiazole rings is 1. The van der Waals surface area contributed by atoms with Gasteiger partial charge >= 0.3 is 0 Å². The monoisotopic (exact) mass is 462 g/mol. The molecule has 31 heavy (non-hydrogen) atoms. The molecule has 1 aromatic heterocycles. The predicted octanol–water partition coefficient (Wildman–Crippen LogP) is 2.60. The molecular formula is C22H26N2O5S2. The van der Waals surface area contributed by atoms with Crippen LogP contribution >= 0.6 is 11.3 Å². The van der Waals surface area contributed by atoms with Gasteiger partial charge in [-0.3, -0.25) is 14.4 Å². The van der Waals surface area contributed by atoms with Crippen LogP contribution in [-0.2, 0) is 37.2 Å². The van der Waals surface area contributed by atoms with Gasteiger partial charge in [0.2, 0.25) is 5.78 Å². The summed E-state index contributed by atoms with van der Waals surface area (Å²) in [5, 5.41) is 2.61. The van der Waals surface area contributed by atoms with Crippen LogP contribution in [0, 0.1) is 17.8 Å². The van der Waals surface area contributed by atoms with Crippen molar-refractivity contribution >= 4 is 38.6 Å². The van der Waals surface area contributed by atoms with Gasteiger partial charge in [-0.25, -0.2) is 13.4 Å². The zero-order valence-corrected chi connectivity index (χ0v) is 19.2. The Bertz CT molecular complexity index is 1060. The lowest BCUT2D eigenvalue weighted by Gasteiger charge is -2.22. The number of nitrogens with zero attached hydrogens (tertiary/aromatic N) is 1. The second-order valence-electron chi connectivity index (χ2n) is 8.12. The molecule has 2 unspecified atom stereocenters. The largest absolute Gasteiger partial charge is 0.345 e. The number of benzene rings is 1. The first-order chi connectivity index (χ1) is 14.7. The Hall–Kier alpha value is -2.39. The van der Waals surface area contributed by atoms with Gasteiger partial charge < -0.3 is 5.32 Å². The second-order valence-corrected chi connectivity index (χ2v) is 11.1. The van der Waals surface area contributed by atoms with Crippen LogP contribution in [0.25, 0.3) is 0 Å². The first-order valence-corrected chi connectivity index (χ1v) is 12.8. The lowest BCUT2D eigenvalue weighted by atomic mass is 9.84. The summed E-state index contributed by atoms with van der Waals surface area (Å²) < 4.78 is 25.6. The fourth-order valence-electron chi connectivity index (χ4n) is 3.72. The third-order valence-electron chi connectivity index (χ3n) is 5.63. The average Bonchev–Trinajstić information content (AvgIpc) is 3.20. The molecule has 0 bridgehead atoms. The fourth-order valence-corrected chi connectivity index (χ4v) is 6.28. The van der Waals surface area contributed by atoms with E-state index in [-0.39, 0.29) is 35.3 Å². The number of nitrogens with one attached hydrogen (secondary N) is 1. The first kappa shape index (κ1) is 23.3. The molecule has 1 amide bonds. The van der Waals surface area contributed by atoms with Crippen molar-refractivity contribution < 1.29 is 22.8 Å². The fraction of sp³-hybridized carbons (Fsp3) is 0.455. The predicted molar refractivity (Wildman–Crippen MR) is 117 cm³/mol. The molecule has 1 N–H and O–H groups in total. The Labute approximate surface area is 186 Å². The van der Waals surface area contributed by atoms with Crippen LogP contribution in [0.2, 0.25) is 0 Å². The lowest BCUT2D eigenvalue weighted by Crippen LogP contribution is -2.37. The lowest BCUT2D eigenvalue weighted by molar-refractivity contribution is -0.141. The number of hydrogen-bond acceptors (Lipinski definition) is 7. The molecule has 0 saturated carbocycles. The number of fused-ring (bicyclic) bond motifs is 1. The van der Waals surface area contributed by atoms with E-state index in [2.05, 4.69) is 10.3 Å². The zero-order chi connectivity index (χ0) is 22.6. The molecule has 0 saturated heterocycles. The highest BCUT2D eigenvalue weighted by molar-refractivity contribution is 7.91. The van der Waals surface area contributed by atoms with E-state index < -0.39 is 33.4 Å². The van der Waals surface area contributed by atoms with E-state index in [1.807, 2.05) is 0 Å². The summed E-state index contributed by atoms with van der Waals surface area (Å²) in [6, 6.07) is 8.02. The van der Waals surface area contributed by atoms with Gasteiger partial charge in [0.05, 0.1) is 28.4 Å². The number of amides is 1. The summed E-state index contributed by atoms with van der Waals surface area (Å²) in [5.41, 5.74) is 2.52. The van der Waals surface area contributed by atoms with Crippen LogP contribution in [0.3, 0.4) is 0 Å². The summed E-state index contributed by atoms with van der Waals surface area (Å²) in [4.78, 5) is 43.4. The Morgan fingerprint density at radius 1 is 1.23 bits per heavy atom. The average molecular weight is 463 g/mol. The minimum atomic E-state index is -3.66. The van der Waals surface area contributed by atoms with Crippen molar-refractivity contribution in [3.8, 4) is 0 Å².